The van der Waals surface area contributed by atoms with Crippen molar-refractivity contribution in [1.82, 2.24) is 9.88 Å². The van der Waals surface area contributed by atoms with Gasteiger partial charge in [0, 0.05) is 32.9 Å². The van der Waals surface area contributed by atoms with E-state index in [0.29, 0.717) is 17.5 Å². The molecule has 1 saturated heterocycles. The monoisotopic (exact) mass is 307 g/mol. The smallest absolute Gasteiger partial charge is 0.320 e. The van der Waals surface area contributed by atoms with E-state index in [4.69, 9.17) is 19.9 Å². The van der Waals surface area contributed by atoms with E-state index < -0.39 is 18.1 Å². The Hall–Kier alpha value is -1.70. The molecule has 0 aliphatic carbocycles. The molecule has 2 N–H and O–H groups in total. The van der Waals surface area contributed by atoms with Crippen molar-refractivity contribution in [2.24, 2.45) is 5.73 Å². The van der Waals surface area contributed by atoms with Crippen LogP contribution in [0.15, 0.2) is 12.3 Å². The number of aromatic nitrogens is 1. The second-order valence-corrected chi connectivity index (χ2v) is 5.69. The molecule has 3 unspecified atom stereocenters. The minimum Gasteiger partial charge on any atom is -0.472 e. The molecule has 7 heteroatoms. The second kappa shape index (κ2) is 6.20. The topological polar surface area (TPSA) is 86.9 Å². The van der Waals surface area contributed by atoms with Crippen LogP contribution in [-0.4, -0.2) is 55.5 Å². The Bertz CT molecular complexity index is 566. The average Bonchev–Trinajstić information content (AvgIpc) is 3.09. The van der Waals surface area contributed by atoms with Crippen molar-refractivity contribution in [3.05, 3.63) is 23.5 Å². The highest BCUT2D eigenvalue weighted by atomic mass is 16.5. The van der Waals surface area contributed by atoms with Gasteiger partial charge in [0.25, 0.3) is 0 Å². The molecule has 0 aromatic carbocycles. The van der Waals surface area contributed by atoms with Crippen molar-refractivity contribution in [1.29, 1.82) is 0 Å². The zero-order chi connectivity index (χ0) is 15.7. The summed E-state index contributed by atoms with van der Waals surface area (Å²) in [5.74, 6) is -0.504. The van der Waals surface area contributed by atoms with Gasteiger partial charge in [0.2, 0.25) is 0 Å². The van der Waals surface area contributed by atoms with Crippen molar-refractivity contribution in [3.8, 4) is 5.75 Å². The van der Waals surface area contributed by atoms with Crippen LogP contribution in [-0.2, 0) is 20.8 Å². The van der Waals surface area contributed by atoms with E-state index in [9.17, 15) is 4.79 Å². The SMILES string of the molecule is COC(=O)C1c2ncc(CN3CCC(OC)C3)cc2OC1N. The number of esters is 1. The highest BCUT2D eigenvalue weighted by Gasteiger charge is 2.40. The summed E-state index contributed by atoms with van der Waals surface area (Å²) in [5, 5.41) is 0. The summed E-state index contributed by atoms with van der Waals surface area (Å²) in [7, 11) is 3.08. The van der Waals surface area contributed by atoms with Crippen LogP contribution in [0.5, 0.6) is 5.75 Å². The predicted octanol–water partition coefficient (Wildman–Crippen LogP) is 0.236. The Morgan fingerprint density at radius 3 is 3.05 bits per heavy atom. The molecular formula is C15H21N3O4. The van der Waals surface area contributed by atoms with Crippen LogP contribution in [0.25, 0.3) is 0 Å². The van der Waals surface area contributed by atoms with Crippen LogP contribution < -0.4 is 10.5 Å². The summed E-state index contributed by atoms with van der Waals surface area (Å²) in [6.07, 6.45) is 2.38. The highest BCUT2D eigenvalue weighted by molar-refractivity contribution is 5.80. The molecule has 3 atom stereocenters. The standard InChI is InChI=1S/C15H21N3O4/c1-20-10-3-4-18(8-10)7-9-5-11-13(17-6-9)12(14(16)22-11)15(19)21-2/h5-6,10,12,14H,3-4,7-8,16H2,1-2H3. The van der Waals surface area contributed by atoms with Gasteiger partial charge in [0.15, 0.2) is 12.1 Å². The first-order chi connectivity index (χ1) is 10.6. The number of fused-ring (bicyclic) bond motifs is 1. The molecule has 0 saturated carbocycles. The van der Waals surface area contributed by atoms with Crippen molar-refractivity contribution < 1.29 is 19.0 Å². The molecule has 1 fully saturated rings. The lowest BCUT2D eigenvalue weighted by molar-refractivity contribution is -0.144. The zero-order valence-corrected chi connectivity index (χ0v) is 12.8. The number of pyridine rings is 1. The Morgan fingerprint density at radius 2 is 2.36 bits per heavy atom. The number of rotatable bonds is 4. The molecule has 0 spiro atoms. The van der Waals surface area contributed by atoms with Gasteiger partial charge in [0.1, 0.15) is 11.4 Å². The molecule has 3 rings (SSSR count). The molecule has 1 aromatic heterocycles. The van der Waals surface area contributed by atoms with Crippen molar-refractivity contribution in [2.45, 2.75) is 31.2 Å². The van der Waals surface area contributed by atoms with Gasteiger partial charge in [-0.05, 0) is 18.1 Å². The molecule has 1 aromatic rings. The number of hydrogen-bond donors (Lipinski definition) is 1. The number of ether oxygens (including phenoxy) is 3. The number of carbonyl (C=O) groups excluding carboxylic acids is 1. The fourth-order valence-electron chi connectivity index (χ4n) is 3.04. The molecule has 7 nitrogen and oxygen atoms in total. The molecule has 0 amide bonds. The van der Waals surface area contributed by atoms with Crippen LogP contribution >= 0.6 is 0 Å². The maximum absolute atomic E-state index is 11.8. The minimum atomic E-state index is -0.741. The van der Waals surface area contributed by atoms with E-state index in [0.717, 1.165) is 31.6 Å². The highest BCUT2D eigenvalue weighted by Crippen LogP contribution is 2.36. The predicted molar refractivity (Wildman–Crippen MR) is 78.3 cm³/mol. The van der Waals surface area contributed by atoms with Crippen LogP contribution in [0, 0.1) is 0 Å². The maximum Gasteiger partial charge on any atom is 0.320 e. The summed E-state index contributed by atoms with van der Waals surface area (Å²) in [6, 6.07) is 1.91. The third-order valence-corrected chi connectivity index (χ3v) is 4.25. The molecule has 3 heterocycles. The lowest BCUT2D eigenvalue weighted by atomic mass is 10.0. The number of nitrogens with two attached hydrogens (primary N) is 1. The molecule has 2 aliphatic rings. The van der Waals surface area contributed by atoms with E-state index in [2.05, 4.69) is 9.88 Å². The lowest BCUT2D eigenvalue weighted by Crippen LogP contribution is -2.34. The van der Waals surface area contributed by atoms with Crippen LogP contribution in [0.2, 0.25) is 0 Å². The summed E-state index contributed by atoms with van der Waals surface area (Å²) in [4.78, 5) is 18.5. The van der Waals surface area contributed by atoms with Crippen molar-refractivity contribution >= 4 is 5.97 Å². The number of carbonyl (C=O) groups is 1. The normalized spacial score (nSPS) is 27.5. The quantitative estimate of drug-likeness (QED) is 0.797. The Labute approximate surface area is 129 Å². The average molecular weight is 307 g/mol. The number of nitrogens with zero attached hydrogens (tertiary/aromatic N) is 2. The van der Waals surface area contributed by atoms with Gasteiger partial charge >= 0.3 is 5.97 Å². The molecule has 0 radical (unpaired) electrons. The van der Waals surface area contributed by atoms with Crippen molar-refractivity contribution in [2.75, 3.05) is 27.3 Å². The van der Waals surface area contributed by atoms with E-state index >= 15 is 0 Å². The zero-order valence-electron chi connectivity index (χ0n) is 12.8. The van der Waals surface area contributed by atoms with Crippen molar-refractivity contribution in [3.63, 3.8) is 0 Å². The van der Waals surface area contributed by atoms with Gasteiger partial charge in [-0.15, -0.1) is 0 Å². The number of likely N-dealkylation sites (tertiary alicyclic amines) is 1. The van der Waals surface area contributed by atoms with E-state index in [1.807, 2.05) is 6.07 Å². The van der Waals surface area contributed by atoms with Crippen LogP contribution in [0.3, 0.4) is 0 Å². The molecule has 0 bridgehead atoms. The van der Waals surface area contributed by atoms with E-state index in [1.54, 1.807) is 13.3 Å². The molecule has 22 heavy (non-hydrogen) atoms. The second-order valence-electron chi connectivity index (χ2n) is 5.69. The van der Waals surface area contributed by atoms with E-state index in [1.165, 1.54) is 7.11 Å². The van der Waals surface area contributed by atoms with Gasteiger partial charge in [0.05, 0.1) is 13.2 Å². The third-order valence-electron chi connectivity index (χ3n) is 4.25. The lowest BCUT2D eigenvalue weighted by Gasteiger charge is -2.15. The molecular weight excluding hydrogens is 286 g/mol. The third kappa shape index (κ3) is 2.79. The molecule has 120 valence electrons. The Balaban J connectivity index is 1.73. The number of hydrogen-bond acceptors (Lipinski definition) is 7. The summed E-state index contributed by atoms with van der Waals surface area (Å²) in [5.41, 5.74) is 7.46. The Morgan fingerprint density at radius 1 is 1.55 bits per heavy atom. The first-order valence-electron chi connectivity index (χ1n) is 7.36. The fourth-order valence-corrected chi connectivity index (χ4v) is 3.04. The van der Waals surface area contributed by atoms with Crippen LogP contribution in [0.4, 0.5) is 0 Å². The maximum atomic E-state index is 11.8. The first-order valence-corrected chi connectivity index (χ1v) is 7.36. The first kappa shape index (κ1) is 15.2. The van der Waals surface area contributed by atoms with Crippen LogP contribution in [0.1, 0.15) is 23.6 Å². The summed E-state index contributed by atoms with van der Waals surface area (Å²) in [6.45, 7) is 2.70. The largest absolute Gasteiger partial charge is 0.472 e. The number of methoxy groups -OCH3 is 2. The summed E-state index contributed by atoms with van der Waals surface area (Å²) >= 11 is 0. The van der Waals surface area contributed by atoms with Gasteiger partial charge in [-0.2, -0.15) is 0 Å². The fraction of sp³-hybridized carbons (Fsp3) is 0.600. The Kier molecular flexibility index (Phi) is 4.28. The summed E-state index contributed by atoms with van der Waals surface area (Å²) < 4.78 is 15.7. The van der Waals surface area contributed by atoms with Gasteiger partial charge in [-0.1, -0.05) is 0 Å². The van der Waals surface area contributed by atoms with Gasteiger partial charge < -0.3 is 14.2 Å². The van der Waals surface area contributed by atoms with E-state index in [-0.39, 0.29) is 0 Å². The molecule has 2 aliphatic heterocycles. The van der Waals surface area contributed by atoms with Gasteiger partial charge in [-0.25, -0.2) is 0 Å². The van der Waals surface area contributed by atoms with Gasteiger partial charge in [-0.3, -0.25) is 20.4 Å². The minimum absolute atomic E-state index is 0.302.